The molecule has 0 N–H and O–H groups in total. The van der Waals surface area contributed by atoms with Gasteiger partial charge in [-0.15, -0.1) is 0 Å². The number of carbonyl (C=O) groups is 3. The monoisotopic (exact) mass is 459 g/mol. The van der Waals surface area contributed by atoms with E-state index in [0.717, 1.165) is 19.3 Å². The second-order valence-corrected chi connectivity index (χ2v) is 8.94. The summed E-state index contributed by atoms with van der Waals surface area (Å²) in [5, 5.41) is 0.473. The van der Waals surface area contributed by atoms with Gasteiger partial charge >= 0.3 is 6.16 Å². The number of rotatable bonds is 18. The summed E-state index contributed by atoms with van der Waals surface area (Å²) in [5.41, 5.74) is 0.459. The lowest BCUT2D eigenvalue weighted by Gasteiger charge is -2.12. The zero-order chi connectivity index (χ0) is 23.7. The fourth-order valence-corrected chi connectivity index (χ4v) is 4.16. The van der Waals surface area contributed by atoms with Crippen LogP contribution in [0.3, 0.4) is 0 Å². The van der Waals surface area contributed by atoms with Crippen molar-refractivity contribution in [3.8, 4) is 0 Å². The van der Waals surface area contributed by atoms with Gasteiger partial charge < -0.3 is 4.74 Å². The number of nitrogens with zero attached hydrogens (tertiary/aromatic N) is 1. The van der Waals surface area contributed by atoms with Crippen molar-refractivity contribution in [3.05, 3.63) is 35.4 Å². The molecule has 0 bridgehead atoms. The zero-order valence-electron chi connectivity index (χ0n) is 20.3. The predicted molar refractivity (Wildman–Crippen MR) is 129 cm³/mol. The summed E-state index contributed by atoms with van der Waals surface area (Å²) in [6, 6.07) is 6.37. The summed E-state index contributed by atoms with van der Waals surface area (Å²) in [5.74, 6) is -1.29. The fourth-order valence-electron chi connectivity index (χ4n) is 4.16. The highest BCUT2D eigenvalue weighted by atomic mass is 16.8. The smallest absolute Gasteiger partial charge is 0.433 e. The van der Waals surface area contributed by atoms with Crippen LogP contribution in [0, 0.1) is 0 Å². The topological polar surface area (TPSA) is 72.9 Å². The maximum absolute atomic E-state index is 12.1. The molecule has 0 radical (unpaired) electrons. The van der Waals surface area contributed by atoms with Gasteiger partial charge in [0, 0.05) is 0 Å². The van der Waals surface area contributed by atoms with Gasteiger partial charge in [0.05, 0.1) is 17.7 Å². The van der Waals surface area contributed by atoms with Gasteiger partial charge in [0.2, 0.25) is 0 Å². The number of benzene rings is 1. The van der Waals surface area contributed by atoms with Crippen LogP contribution in [0.4, 0.5) is 4.79 Å². The molecule has 6 heteroatoms. The fraction of sp³-hybridized carbons (Fsp3) is 0.667. The van der Waals surface area contributed by atoms with Crippen molar-refractivity contribution in [2.75, 3.05) is 6.61 Å². The number of hydrogen-bond acceptors (Lipinski definition) is 5. The molecule has 0 aliphatic carbocycles. The van der Waals surface area contributed by atoms with Crippen LogP contribution in [-0.4, -0.2) is 29.6 Å². The molecule has 0 saturated heterocycles. The van der Waals surface area contributed by atoms with E-state index in [1.54, 1.807) is 12.1 Å². The quantitative estimate of drug-likeness (QED) is 0.128. The molecule has 2 amide bonds. The molecule has 1 heterocycles. The lowest BCUT2D eigenvalue weighted by Crippen LogP contribution is -2.33. The first-order valence-electron chi connectivity index (χ1n) is 13.0. The van der Waals surface area contributed by atoms with Crippen LogP contribution in [0.2, 0.25) is 0 Å². The third-order valence-electron chi connectivity index (χ3n) is 6.14. The Kier molecular flexibility index (Phi) is 13.3. The number of hydroxylamine groups is 2. The first-order chi connectivity index (χ1) is 16.1. The summed E-state index contributed by atoms with van der Waals surface area (Å²) in [7, 11) is 0. The van der Waals surface area contributed by atoms with Gasteiger partial charge in [-0.25, -0.2) is 4.79 Å². The maximum atomic E-state index is 12.1. The SMILES string of the molecule is CCCCCCCCCCCCCCCCCCOC(=O)ON1C(=O)c2ccccc2C1=O. The van der Waals surface area contributed by atoms with E-state index in [-0.39, 0.29) is 17.7 Å². The van der Waals surface area contributed by atoms with E-state index in [0.29, 0.717) is 5.06 Å². The molecule has 1 aromatic rings. The Morgan fingerprint density at radius 1 is 0.667 bits per heavy atom. The minimum Gasteiger partial charge on any atom is -0.433 e. The van der Waals surface area contributed by atoms with Gasteiger partial charge in [0.25, 0.3) is 11.8 Å². The number of ether oxygens (including phenoxy) is 1. The van der Waals surface area contributed by atoms with Gasteiger partial charge in [-0.3, -0.25) is 14.4 Å². The second kappa shape index (κ2) is 16.3. The Morgan fingerprint density at radius 3 is 1.48 bits per heavy atom. The maximum Gasteiger partial charge on any atom is 0.533 e. The third kappa shape index (κ3) is 9.97. The molecule has 0 atom stereocenters. The molecule has 6 nitrogen and oxygen atoms in total. The van der Waals surface area contributed by atoms with Crippen LogP contribution >= 0.6 is 0 Å². The average Bonchev–Trinajstić information content (AvgIpc) is 3.06. The molecule has 0 aromatic heterocycles. The first-order valence-corrected chi connectivity index (χ1v) is 13.0. The van der Waals surface area contributed by atoms with E-state index in [2.05, 4.69) is 6.92 Å². The van der Waals surface area contributed by atoms with E-state index in [9.17, 15) is 14.4 Å². The van der Waals surface area contributed by atoms with Gasteiger partial charge in [0.15, 0.2) is 0 Å². The van der Waals surface area contributed by atoms with Crippen molar-refractivity contribution < 1.29 is 24.0 Å². The van der Waals surface area contributed by atoms with Gasteiger partial charge in [0.1, 0.15) is 0 Å². The lowest BCUT2D eigenvalue weighted by molar-refractivity contribution is -0.0743. The molecular weight excluding hydrogens is 418 g/mol. The molecule has 0 unspecified atom stereocenters. The number of hydrogen-bond donors (Lipinski definition) is 0. The second-order valence-electron chi connectivity index (χ2n) is 8.94. The number of amides is 2. The van der Waals surface area contributed by atoms with Crippen molar-refractivity contribution in [2.24, 2.45) is 0 Å². The van der Waals surface area contributed by atoms with Crippen molar-refractivity contribution in [2.45, 2.75) is 110 Å². The number of imide groups is 1. The summed E-state index contributed by atoms with van der Waals surface area (Å²) in [4.78, 5) is 40.9. The molecule has 1 aliphatic rings. The summed E-state index contributed by atoms with van der Waals surface area (Å²) in [6.07, 6.45) is 19.4. The molecular formula is C27H41NO5. The minimum atomic E-state index is -1.02. The summed E-state index contributed by atoms with van der Waals surface area (Å²) >= 11 is 0. The van der Waals surface area contributed by atoms with Crippen molar-refractivity contribution in [1.29, 1.82) is 0 Å². The molecule has 0 spiro atoms. The normalized spacial score (nSPS) is 12.8. The minimum absolute atomic E-state index is 0.223. The molecule has 33 heavy (non-hydrogen) atoms. The summed E-state index contributed by atoms with van der Waals surface area (Å²) < 4.78 is 5.01. The molecule has 184 valence electrons. The van der Waals surface area contributed by atoms with E-state index < -0.39 is 18.0 Å². The van der Waals surface area contributed by atoms with Crippen LogP contribution in [0.25, 0.3) is 0 Å². The highest BCUT2D eigenvalue weighted by Crippen LogP contribution is 2.23. The standard InChI is InChI=1S/C27H41NO5/c1-2-3-4-5-6-7-8-9-10-11-12-13-14-15-16-19-22-32-27(31)33-28-25(29)23-20-17-18-21-24(23)26(28)30/h17-18,20-21H,2-16,19,22H2,1H3. The van der Waals surface area contributed by atoms with Crippen LogP contribution in [0.1, 0.15) is 130 Å². The number of fused-ring (bicyclic) bond motifs is 1. The largest absolute Gasteiger partial charge is 0.533 e. The van der Waals surface area contributed by atoms with E-state index >= 15 is 0 Å². The Morgan fingerprint density at radius 2 is 1.06 bits per heavy atom. The van der Waals surface area contributed by atoms with Gasteiger partial charge in [-0.2, -0.15) is 0 Å². The van der Waals surface area contributed by atoms with E-state index in [1.165, 1.54) is 95.6 Å². The highest BCUT2D eigenvalue weighted by molar-refractivity contribution is 6.20. The molecule has 1 aliphatic heterocycles. The van der Waals surface area contributed by atoms with E-state index in [4.69, 9.17) is 9.57 Å². The Bertz CT molecular complexity index is 698. The number of unbranched alkanes of at least 4 members (excludes halogenated alkanes) is 15. The first kappa shape index (κ1) is 26.9. The zero-order valence-corrected chi connectivity index (χ0v) is 20.3. The van der Waals surface area contributed by atoms with Crippen LogP contribution in [-0.2, 0) is 9.57 Å². The molecule has 0 fully saturated rings. The molecule has 1 aromatic carbocycles. The predicted octanol–water partition coefficient (Wildman–Crippen LogP) is 7.61. The summed E-state index contributed by atoms with van der Waals surface area (Å²) in [6.45, 7) is 2.49. The Hall–Kier alpha value is -2.37. The van der Waals surface area contributed by atoms with Crippen LogP contribution < -0.4 is 0 Å². The molecule has 2 rings (SSSR count). The Balaban J connectivity index is 1.37. The number of carbonyl (C=O) groups excluding carboxylic acids is 3. The lowest BCUT2D eigenvalue weighted by atomic mass is 10.0. The van der Waals surface area contributed by atoms with Crippen molar-refractivity contribution in [3.63, 3.8) is 0 Å². The average molecular weight is 460 g/mol. The van der Waals surface area contributed by atoms with E-state index in [1.807, 2.05) is 0 Å². The Labute approximate surface area is 199 Å². The highest BCUT2D eigenvalue weighted by Gasteiger charge is 2.39. The van der Waals surface area contributed by atoms with Crippen LogP contribution in [0.5, 0.6) is 0 Å². The van der Waals surface area contributed by atoms with Gasteiger partial charge in [-0.05, 0) is 18.6 Å². The van der Waals surface area contributed by atoms with Crippen molar-refractivity contribution in [1.82, 2.24) is 5.06 Å². The van der Waals surface area contributed by atoms with Crippen molar-refractivity contribution >= 4 is 18.0 Å². The molecule has 0 saturated carbocycles. The third-order valence-corrected chi connectivity index (χ3v) is 6.14. The van der Waals surface area contributed by atoms with Crippen LogP contribution in [0.15, 0.2) is 24.3 Å². The van der Waals surface area contributed by atoms with Gasteiger partial charge in [-0.1, -0.05) is 120 Å².